The van der Waals surface area contributed by atoms with Crippen LogP contribution in [-0.4, -0.2) is 12.4 Å². The van der Waals surface area contributed by atoms with Gasteiger partial charge in [-0.2, -0.15) is 0 Å². The van der Waals surface area contributed by atoms with E-state index in [0.29, 0.717) is 5.88 Å². The van der Waals surface area contributed by atoms with Crippen molar-refractivity contribution in [1.29, 1.82) is 0 Å². The zero-order chi connectivity index (χ0) is 12.6. The molecule has 0 radical (unpaired) electrons. The molecule has 0 atom stereocenters. The molecular weight excluding hydrogens is 242 g/mol. The third kappa shape index (κ3) is 4.08. The SMILES string of the molecule is ClCCc1ccc(NCCc2ccccc2)cc1. The summed E-state index contributed by atoms with van der Waals surface area (Å²) in [5, 5.41) is 3.43. The van der Waals surface area contributed by atoms with Gasteiger partial charge in [-0.1, -0.05) is 42.5 Å². The summed E-state index contributed by atoms with van der Waals surface area (Å²) in [7, 11) is 0. The van der Waals surface area contributed by atoms with Crippen LogP contribution in [0.1, 0.15) is 11.1 Å². The molecule has 0 unspecified atom stereocenters. The second-order valence-corrected chi connectivity index (χ2v) is 4.68. The first-order valence-corrected chi connectivity index (χ1v) is 6.84. The van der Waals surface area contributed by atoms with E-state index in [-0.39, 0.29) is 0 Å². The molecule has 1 nitrogen and oxygen atoms in total. The predicted molar refractivity (Wildman–Crippen MR) is 79.5 cm³/mol. The van der Waals surface area contributed by atoms with Crippen molar-refractivity contribution in [3.63, 3.8) is 0 Å². The fourth-order valence-electron chi connectivity index (χ4n) is 1.89. The van der Waals surface area contributed by atoms with Crippen LogP contribution in [0.25, 0.3) is 0 Å². The van der Waals surface area contributed by atoms with Gasteiger partial charge in [0.15, 0.2) is 0 Å². The van der Waals surface area contributed by atoms with Crippen LogP contribution < -0.4 is 5.32 Å². The van der Waals surface area contributed by atoms with E-state index in [1.165, 1.54) is 16.8 Å². The minimum absolute atomic E-state index is 0.681. The first kappa shape index (κ1) is 13.0. The lowest BCUT2D eigenvalue weighted by Gasteiger charge is -2.07. The van der Waals surface area contributed by atoms with Gasteiger partial charge in [0.2, 0.25) is 0 Å². The van der Waals surface area contributed by atoms with E-state index in [4.69, 9.17) is 11.6 Å². The lowest BCUT2D eigenvalue weighted by atomic mass is 10.1. The van der Waals surface area contributed by atoms with E-state index < -0.39 is 0 Å². The summed E-state index contributed by atoms with van der Waals surface area (Å²) >= 11 is 5.71. The van der Waals surface area contributed by atoms with Crippen molar-refractivity contribution in [3.8, 4) is 0 Å². The molecule has 0 aliphatic rings. The number of hydrogen-bond donors (Lipinski definition) is 1. The molecule has 2 rings (SSSR count). The van der Waals surface area contributed by atoms with Gasteiger partial charge in [-0.15, -0.1) is 11.6 Å². The molecule has 2 aromatic rings. The maximum Gasteiger partial charge on any atom is 0.0340 e. The van der Waals surface area contributed by atoms with Crippen LogP contribution in [-0.2, 0) is 12.8 Å². The third-order valence-corrected chi connectivity index (χ3v) is 3.11. The monoisotopic (exact) mass is 259 g/mol. The number of nitrogens with one attached hydrogen (secondary N) is 1. The molecule has 0 bridgehead atoms. The highest BCUT2D eigenvalue weighted by Gasteiger charge is 1.95. The quantitative estimate of drug-likeness (QED) is 0.770. The lowest BCUT2D eigenvalue weighted by molar-refractivity contribution is 1.02. The van der Waals surface area contributed by atoms with E-state index in [1.807, 2.05) is 6.07 Å². The summed E-state index contributed by atoms with van der Waals surface area (Å²) in [6.07, 6.45) is 1.98. The molecule has 0 saturated heterocycles. The van der Waals surface area contributed by atoms with E-state index in [0.717, 1.165) is 19.4 Å². The molecule has 0 saturated carbocycles. The number of rotatable bonds is 6. The highest BCUT2D eigenvalue weighted by atomic mass is 35.5. The molecule has 0 aromatic heterocycles. The third-order valence-electron chi connectivity index (χ3n) is 2.92. The van der Waals surface area contributed by atoms with Gasteiger partial charge in [-0.25, -0.2) is 0 Å². The molecule has 0 aliphatic heterocycles. The van der Waals surface area contributed by atoms with Crippen LogP contribution in [0.4, 0.5) is 5.69 Å². The van der Waals surface area contributed by atoms with Gasteiger partial charge < -0.3 is 5.32 Å². The van der Waals surface area contributed by atoms with Crippen molar-refractivity contribution >= 4 is 17.3 Å². The fourth-order valence-corrected chi connectivity index (χ4v) is 2.11. The van der Waals surface area contributed by atoms with Crippen molar-refractivity contribution in [1.82, 2.24) is 0 Å². The molecule has 0 spiro atoms. The van der Waals surface area contributed by atoms with Gasteiger partial charge in [-0.05, 0) is 36.1 Å². The summed E-state index contributed by atoms with van der Waals surface area (Å²) in [5.74, 6) is 0.681. The van der Waals surface area contributed by atoms with Gasteiger partial charge in [0, 0.05) is 18.1 Å². The number of aryl methyl sites for hydroxylation is 1. The minimum Gasteiger partial charge on any atom is -0.385 e. The van der Waals surface area contributed by atoms with Crippen LogP contribution in [0.3, 0.4) is 0 Å². The fraction of sp³-hybridized carbons (Fsp3) is 0.250. The number of anilines is 1. The minimum atomic E-state index is 0.681. The van der Waals surface area contributed by atoms with Gasteiger partial charge in [-0.3, -0.25) is 0 Å². The molecule has 0 aliphatic carbocycles. The van der Waals surface area contributed by atoms with Gasteiger partial charge in [0.05, 0.1) is 0 Å². The molecule has 0 amide bonds. The van der Waals surface area contributed by atoms with Crippen molar-refractivity contribution in [2.75, 3.05) is 17.7 Å². The Morgan fingerprint density at radius 3 is 2.11 bits per heavy atom. The summed E-state index contributed by atoms with van der Waals surface area (Å²) in [4.78, 5) is 0. The highest BCUT2D eigenvalue weighted by Crippen LogP contribution is 2.10. The molecule has 18 heavy (non-hydrogen) atoms. The number of hydrogen-bond acceptors (Lipinski definition) is 1. The van der Waals surface area contributed by atoms with Crippen LogP contribution in [0.2, 0.25) is 0 Å². The Morgan fingerprint density at radius 1 is 0.778 bits per heavy atom. The normalized spacial score (nSPS) is 10.3. The van der Waals surface area contributed by atoms with E-state index >= 15 is 0 Å². The number of halogens is 1. The Balaban J connectivity index is 1.80. The predicted octanol–water partition coefficient (Wildman–Crippen LogP) is 4.12. The summed E-state index contributed by atoms with van der Waals surface area (Å²) in [5.41, 5.74) is 3.83. The first-order valence-electron chi connectivity index (χ1n) is 6.31. The summed E-state index contributed by atoms with van der Waals surface area (Å²) in [6, 6.07) is 19.0. The zero-order valence-corrected chi connectivity index (χ0v) is 11.2. The van der Waals surface area contributed by atoms with Crippen molar-refractivity contribution in [2.24, 2.45) is 0 Å². The van der Waals surface area contributed by atoms with Crippen LogP contribution in [0.5, 0.6) is 0 Å². The maximum absolute atomic E-state index is 5.71. The molecule has 2 aromatic carbocycles. The smallest absolute Gasteiger partial charge is 0.0340 e. The maximum atomic E-state index is 5.71. The van der Waals surface area contributed by atoms with Crippen molar-refractivity contribution < 1.29 is 0 Å². The number of benzene rings is 2. The second kappa shape index (κ2) is 7.07. The molecule has 94 valence electrons. The van der Waals surface area contributed by atoms with Gasteiger partial charge >= 0.3 is 0 Å². The molecule has 0 fully saturated rings. The second-order valence-electron chi connectivity index (χ2n) is 4.30. The molecule has 1 N–H and O–H groups in total. The topological polar surface area (TPSA) is 12.0 Å². The zero-order valence-electron chi connectivity index (χ0n) is 10.4. The number of alkyl halides is 1. The average molecular weight is 260 g/mol. The standard InChI is InChI=1S/C16H18ClN/c17-12-10-15-6-8-16(9-7-15)18-13-11-14-4-2-1-3-5-14/h1-9,18H,10-13H2. The highest BCUT2D eigenvalue weighted by molar-refractivity contribution is 6.17. The van der Waals surface area contributed by atoms with E-state index in [9.17, 15) is 0 Å². The molecule has 2 heteroatoms. The largest absolute Gasteiger partial charge is 0.385 e. The van der Waals surface area contributed by atoms with Crippen LogP contribution >= 0.6 is 11.6 Å². The lowest BCUT2D eigenvalue weighted by Crippen LogP contribution is -2.04. The Morgan fingerprint density at radius 2 is 1.44 bits per heavy atom. The Bertz CT molecular complexity index is 450. The summed E-state index contributed by atoms with van der Waals surface area (Å²) in [6.45, 7) is 0.957. The van der Waals surface area contributed by atoms with Crippen molar-refractivity contribution in [2.45, 2.75) is 12.8 Å². The average Bonchev–Trinajstić information content (AvgIpc) is 2.42. The molecule has 0 heterocycles. The first-order chi connectivity index (χ1) is 8.88. The van der Waals surface area contributed by atoms with E-state index in [1.54, 1.807) is 0 Å². The Hall–Kier alpha value is -1.47. The van der Waals surface area contributed by atoms with Gasteiger partial charge in [0.25, 0.3) is 0 Å². The summed E-state index contributed by atoms with van der Waals surface area (Å²) < 4.78 is 0. The molecular formula is C16H18ClN. The van der Waals surface area contributed by atoms with Gasteiger partial charge in [0.1, 0.15) is 0 Å². The van der Waals surface area contributed by atoms with Crippen LogP contribution in [0.15, 0.2) is 54.6 Å². The Kier molecular flexibility index (Phi) is 5.10. The van der Waals surface area contributed by atoms with Crippen LogP contribution in [0, 0.1) is 0 Å². The van der Waals surface area contributed by atoms with Crippen molar-refractivity contribution in [3.05, 3.63) is 65.7 Å². The Labute approximate surface area is 114 Å². The van der Waals surface area contributed by atoms with E-state index in [2.05, 4.69) is 53.8 Å².